The highest BCUT2D eigenvalue weighted by Gasteiger charge is 2.55. The highest BCUT2D eigenvalue weighted by Crippen LogP contribution is 2.47. The molecule has 1 aliphatic heterocycles. The number of ether oxygens (including phenoxy) is 1. The van der Waals surface area contributed by atoms with Crippen molar-refractivity contribution in [1.29, 1.82) is 0 Å². The monoisotopic (exact) mass is 545 g/mol. The van der Waals surface area contributed by atoms with E-state index in [9.17, 15) is 24.1 Å². The van der Waals surface area contributed by atoms with Crippen LogP contribution in [-0.4, -0.2) is 55.5 Å². The summed E-state index contributed by atoms with van der Waals surface area (Å²) in [6, 6.07) is 8.16. The van der Waals surface area contributed by atoms with E-state index in [0.717, 1.165) is 35.5 Å². The Morgan fingerprint density at radius 2 is 1.97 bits per heavy atom. The van der Waals surface area contributed by atoms with Crippen LogP contribution in [0.3, 0.4) is 0 Å². The summed E-state index contributed by atoms with van der Waals surface area (Å²) in [7, 11) is -4.24. The first kappa shape index (κ1) is 28.3. The highest BCUT2D eigenvalue weighted by molar-refractivity contribution is 8.14. The Hall–Kier alpha value is -2.28. The second kappa shape index (κ2) is 11.4. The number of hydrogen-bond donors (Lipinski definition) is 3. The van der Waals surface area contributed by atoms with Gasteiger partial charge in [0, 0.05) is 17.5 Å². The Morgan fingerprint density at radius 1 is 1.31 bits per heavy atom. The van der Waals surface area contributed by atoms with Gasteiger partial charge < -0.3 is 14.4 Å². The maximum Gasteiger partial charge on any atom is 0.459 e. The van der Waals surface area contributed by atoms with Crippen LogP contribution in [0.1, 0.15) is 33.9 Å². The fraction of sp³-hybridized carbons (Fsp3) is 0.500. The molecule has 0 aliphatic carbocycles. The van der Waals surface area contributed by atoms with Crippen molar-refractivity contribution in [3.63, 3.8) is 0 Å². The number of para-hydroxylation sites is 1. The average molecular weight is 546 g/mol. The molecule has 36 heavy (non-hydrogen) atoms. The van der Waals surface area contributed by atoms with Crippen molar-refractivity contribution >= 4 is 24.6 Å². The fourth-order valence-electron chi connectivity index (χ4n) is 3.47. The molecule has 1 saturated heterocycles. The van der Waals surface area contributed by atoms with Crippen LogP contribution in [0.4, 0.5) is 4.39 Å². The SMILES string of the molecule is CC(C)SC(=O)[C@H](C)N[P@](=O)(OC[C@H]1O[C@@H](n2ccc(=O)[nH]c2=O)[C@](C)(F)[C@@H]1O)Oc1ccccc1. The van der Waals surface area contributed by atoms with Crippen molar-refractivity contribution in [3.05, 3.63) is 63.4 Å². The summed E-state index contributed by atoms with van der Waals surface area (Å²) in [5, 5.41) is 12.9. The van der Waals surface area contributed by atoms with Gasteiger partial charge in [-0.05, 0) is 26.0 Å². The normalized spacial score (nSPS) is 26.5. The van der Waals surface area contributed by atoms with Crippen LogP contribution in [0.25, 0.3) is 0 Å². The molecule has 0 spiro atoms. The third kappa shape index (κ3) is 6.72. The van der Waals surface area contributed by atoms with E-state index >= 15 is 4.39 Å². The lowest BCUT2D eigenvalue weighted by Crippen LogP contribution is -2.43. The van der Waals surface area contributed by atoms with Gasteiger partial charge in [-0.1, -0.05) is 43.8 Å². The van der Waals surface area contributed by atoms with Crippen LogP contribution < -0.4 is 20.9 Å². The number of H-pyrrole nitrogens is 1. The Kier molecular flexibility index (Phi) is 8.97. The molecule has 11 nitrogen and oxygen atoms in total. The number of nitrogens with zero attached hydrogens (tertiary/aromatic N) is 1. The van der Waals surface area contributed by atoms with Crippen LogP contribution >= 0.6 is 19.5 Å². The number of alkyl halides is 1. The Morgan fingerprint density at radius 3 is 2.58 bits per heavy atom. The number of rotatable bonds is 10. The molecule has 198 valence electrons. The lowest BCUT2D eigenvalue weighted by atomic mass is 9.98. The fourth-order valence-corrected chi connectivity index (χ4v) is 5.80. The second-order valence-electron chi connectivity index (χ2n) is 8.67. The van der Waals surface area contributed by atoms with Gasteiger partial charge in [0.2, 0.25) is 5.12 Å². The molecule has 6 atom stereocenters. The predicted molar refractivity (Wildman–Crippen MR) is 132 cm³/mol. The van der Waals surface area contributed by atoms with Crippen molar-refractivity contribution < 1.29 is 32.6 Å². The van der Waals surface area contributed by atoms with Gasteiger partial charge in [-0.3, -0.25) is 23.7 Å². The molecule has 2 aromatic rings. The minimum absolute atomic E-state index is 0.00497. The summed E-state index contributed by atoms with van der Waals surface area (Å²) in [5.74, 6) is 0.186. The smallest absolute Gasteiger partial charge is 0.413 e. The molecule has 0 unspecified atom stereocenters. The molecule has 0 radical (unpaired) electrons. The average Bonchev–Trinajstić information content (AvgIpc) is 3.01. The second-order valence-corrected chi connectivity index (χ2v) is 11.9. The third-order valence-corrected chi connectivity index (χ3v) is 7.96. The zero-order chi connectivity index (χ0) is 26.7. The number of carbonyl (C=O) groups is 1. The standard InChI is InChI=1S/C22H29FN3O8PS/c1-13(2)36-19(29)14(3)25-35(31,34-15-8-6-5-7-9-15)32-12-16-18(28)22(4,23)20(33-16)26-11-10-17(27)24-21(26)30/h5-11,13-14,16,18,20,28H,12H2,1-4H3,(H,25,31)(H,24,27,30)/t14-,16+,18+,20+,22+,35-/m0/s1. The van der Waals surface area contributed by atoms with Gasteiger partial charge in [0.25, 0.3) is 5.56 Å². The highest BCUT2D eigenvalue weighted by atomic mass is 32.2. The van der Waals surface area contributed by atoms with E-state index in [1.807, 2.05) is 18.8 Å². The number of aromatic amines is 1. The van der Waals surface area contributed by atoms with E-state index in [4.69, 9.17) is 13.8 Å². The minimum Gasteiger partial charge on any atom is -0.413 e. The van der Waals surface area contributed by atoms with E-state index in [-0.39, 0.29) is 16.1 Å². The first-order valence-corrected chi connectivity index (χ1v) is 13.6. The van der Waals surface area contributed by atoms with Crippen LogP contribution in [0.2, 0.25) is 0 Å². The van der Waals surface area contributed by atoms with Gasteiger partial charge >= 0.3 is 13.4 Å². The number of thioether (sulfide) groups is 1. The van der Waals surface area contributed by atoms with Crippen molar-refractivity contribution in [2.24, 2.45) is 0 Å². The molecule has 2 heterocycles. The van der Waals surface area contributed by atoms with Crippen LogP contribution in [0.5, 0.6) is 5.75 Å². The van der Waals surface area contributed by atoms with Gasteiger partial charge in [0.15, 0.2) is 11.9 Å². The molecule has 3 N–H and O–H groups in total. The Bertz CT molecular complexity index is 1220. The predicted octanol–water partition coefficient (Wildman–Crippen LogP) is 2.37. The molecule has 1 aliphatic rings. The van der Waals surface area contributed by atoms with Crippen molar-refractivity contribution in [3.8, 4) is 5.75 Å². The molecule has 0 bridgehead atoms. The molecule has 0 amide bonds. The van der Waals surface area contributed by atoms with E-state index in [1.54, 1.807) is 18.2 Å². The molecule has 1 fully saturated rings. The van der Waals surface area contributed by atoms with E-state index in [1.165, 1.54) is 19.1 Å². The molecule has 3 rings (SSSR count). The zero-order valence-electron chi connectivity index (χ0n) is 20.1. The third-order valence-electron chi connectivity index (χ3n) is 5.26. The van der Waals surface area contributed by atoms with Gasteiger partial charge in [-0.2, -0.15) is 0 Å². The lowest BCUT2D eigenvalue weighted by Gasteiger charge is -2.25. The number of aliphatic hydroxyl groups excluding tert-OH is 1. The van der Waals surface area contributed by atoms with Gasteiger partial charge in [0.05, 0.1) is 12.6 Å². The lowest BCUT2D eigenvalue weighted by molar-refractivity contribution is -0.112. The first-order valence-electron chi connectivity index (χ1n) is 11.1. The van der Waals surface area contributed by atoms with Gasteiger partial charge in [-0.15, -0.1) is 0 Å². The molecule has 14 heteroatoms. The molecular formula is C22H29FN3O8PS. The summed E-state index contributed by atoms with van der Waals surface area (Å²) in [6.07, 6.45) is -3.71. The number of aliphatic hydroxyl groups is 1. The maximum absolute atomic E-state index is 15.4. The largest absolute Gasteiger partial charge is 0.459 e. The number of aromatic nitrogens is 2. The minimum atomic E-state index is -4.24. The van der Waals surface area contributed by atoms with E-state index in [0.29, 0.717) is 0 Å². The summed E-state index contributed by atoms with van der Waals surface area (Å²) < 4.78 is 46.5. The number of halogens is 1. The van der Waals surface area contributed by atoms with E-state index in [2.05, 4.69) is 5.09 Å². The van der Waals surface area contributed by atoms with Crippen LogP contribution in [0.15, 0.2) is 52.2 Å². The summed E-state index contributed by atoms with van der Waals surface area (Å²) in [6.45, 7) is 5.60. The summed E-state index contributed by atoms with van der Waals surface area (Å²) in [5.41, 5.74) is -4.08. The quantitative estimate of drug-likeness (QED) is 0.380. The Labute approximate surface area is 210 Å². The van der Waals surface area contributed by atoms with Crippen LogP contribution in [0, 0.1) is 0 Å². The first-order chi connectivity index (χ1) is 16.8. The number of carbonyl (C=O) groups excluding carboxylic acids is 1. The molecule has 1 aromatic carbocycles. The zero-order valence-corrected chi connectivity index (χ0v) is 21.8. The van der Waals surface area contributed by atoms with E-state index < -0.39 is 55.7 Å². The molecular weight excluding hydrogens is 516 g/mol. The van der Waals surface area contributed by atoms with Crippen LogP contribution in [-0.2, 0) is 18.6 Å². The maximum atomic E-state index is 15.4. The number of hydrogen-bond acceptors (Lipinski definition) is 9. The number of benzene rings is 1. The van der Waals surface area contributed by atoms with Crippen molar-refractivity contribution in [1.82, 2.24) is 14.6 Å². The van der Waals surface area contributed by atoms with Gasteiger partial charge in [-0.25, -0.2) is 18.8 Å². The molecule has 1 aromatic heterocycles. The molecule has 0 saturated carbocycles. The number of nitrogens with one attached hydrogen (secondary N) is 2. The topological polar surface area (TPSA) is 149 Å². The summed E-state index contributed by atoms with van der Waals surface area (Å²) >= 11 is 1.05. The Balaban J connectivity index is 1.80. The van der Waals surface area contributed by atoms with Crippen molar-refractivity contribution in [2.45, 2.75) is 63.1 Å². The van der Waals surface area contributed by atoms with Gasteiger partial charge in [0.1, 0.15) is 18.0 Å². The van der Waals surface area contributed by atoms with Crippen molar-refractivity contribution in [2.75, 3.05) is 6.61 Å². The summed E-state index contributed by atoms with van der Waals surface area (Å²) in [4.78, 5) is 37.9.